The lowest BCUT2D eigenvalue weighted by molar-refractivity contribution is 0.414. The number of ether oxygens (including phenoxy) is 1. The minimum Gasteiger partial charge on any atom is -0.497 e. The lowest BCUT2D eigenvalue weighted by Crippen LogP contribution is -2.06. The van der Waals surface area contributed by atoms with Gasteiger partial charge in [-0.2, -0.15) is 5.26 Å². The summed E-state index contributed by atoms with van der Waals surface area (Å²) in [6, 6.07) is 20.6. The van der Waals surface area contributed by atoms with E-state index in [1.807, 2.05) is 48.5 Å². The Bertz CT molecular complexity index is 629. The monoisotopic (exact) mass is 249 g/mol. The minimum absolute atomic E-state index is 0.273. The van der Waals surface area contributed by atoms with Crippen molar-refractivity contribution in [2.75, 3.05) is 7.11 Å². The van der Waals surface area contributed by atoms with Crippen LogP contribution in [0.25, 0.3) is 0 Å². The molecule has 2 aromatic carbocycles. The molecule has 3 rings (SSSR count). The number of hydrogen-bond donors (Lipinski definition) is 0. The van der Waals surface area contributed by atoms with Gasteiger partial charge < -0.3 is 4.74 Å². The molecule has 1 aliphatic carbocycles. The fraction of sp³-hybridized carbons (Fsp3) is 0.235. The van der Waals surface area contributed by atoms with E-state index in [2.05, 4.69) is 12.1 Å². The third-order valence-electron chi connectivity index (χ3n) is 3.95. The molecule has 1 fully saturated rings. The fourth-order valence-electron chi connectivity index (χ4n) is 2.77. The van der Waals surface area contributed by atoms with Gasteiger partial charge in [0.1, 0.15) is 5.75 Å². The number of rotatable bonds is 3. The van der Waals surface area contributed by atoms with Gasteiger partial charge >= 0.3 is 0 Å². The van der Waals surface area contributed by atoms with E-state index in [1.54, 1.807) is 7.11 Å². The van der Waals surface area contributed by atoms with Gasteiger partial charge in [0.15, 0.2) is 0 Å². The molecule has 1 saturated carbocycles. The van der Waals surface area contributed by atoms with Crippen LogP contribution < -0.4 is 4.74 Å². The van der Waals surface area contributed by atoms with E-state index in [0.717, 1.165) is 17.7 Å². The molecule has 94 valence electrons. The molecule has 2 heteroatoms. The second kappa shape index (κ2) is 4.44. The van der Waals surface area contributed by atoms with Gasteiger partial charge in [-0.05, 0) is 29.7 Å². The summed E-state index contributed by atoms with van der Waals surface area (Å²) < 4.78 is 5.26. The molecule has 0 heterocycles. The number of hydrogen-bond acceptors (Lipinski definition) is 2. The van der Waals surface area contributed by atoms with Crippen molar-refractivity contribution < 1.29 is 4.74 Å². The van der Waals surface area contributed by atoms with E-state index in [4.69, 9.17) is 4.74 Å². The van der Waals surface area contributed by atoms with Gasteiger partial charge in [0.05, 0.1) is 18.6 Å². The molecule has 19 heavy (non-hydrogen) atoms. The number of nitrogens with zero attached hydrogens (tertiary/aromatic N) is 1. The molecule has 0 saturated heterocycles. The summed E-state index contributed by atoms with van der Waals surface area (Å²) in [5.74, 6) is 1.12. The van der Waals surface area contributed by atoms with Crippen molar-refractivity contribution in [3.05, 3.63) is 65.7 Å². The second-order valence-electron chi connectivity index (χ2n) is 4.98. The first-order valence-electron chi connectivity index (χ1n) is 6.41. The Morgan fingerprint density at radius 3 is 2.63 bits per heavy atom. The summed E-state index contributed by atoms with van der Waals surface area (Å²) >= 11 is 0. The smallest absolute Gasteiger partial charge is 0.119 e. The fourth-order valence-corrected chi connectivity index (χ4v) is 2.77. The highest BCUT2D eigenvalue weighted by atomic mass is 16.5. The third kappa shape index (κ3) is 1.88. The predicted molar refractivity (Wildman–Crippen MR) is 74.1 cm³/mol. The summed E-state index contributed by atoms with van der Waals surface area (Å²) in [5, 5.41) is 9.59. The molecule has 2 nitrogen and oxygen atoms in total. The highest BCUT2D eigenvalue weighted by molar-refractivity contribution is 5.50. The zero-order valence-corrected chi connectivity index (χ0v) is 10.8. The summed E-state index contributed by atoms with van der Waals surface area (Å²) in [5.41, 5.74) is 1.95. The minimum atomic E-state index is -0.354. The summed E-state index contributed by atoms with van der Waals surface area (Å²) in [6.07, 6.45) is 0.890. The summed E-state index contributed by atoms with van der Waals surface area (Å²) in [4.78, 5) is 0. The summed E-state index contributed by atoms with van der Waals surface area (Å²) in [6.45, 7) is 0. The normalized spacial score (nSPS) is 24.5. The molecule has 2 aromatic rings. The lowest BCUT2D eigenvalue weighted by Gasteiger charge is -2.10. The van der Waals surface area contributed by atoms with E-state index in [-0.39, 0.29) is 11.3 Å². The first kappa shape index (κ1) is 11.8. The largest absolute Gasteiger partial charge is 0.497 e. The van der Waals surface area contributed by atoms with Gasteiger partial charge in [0, 0.05) is 5.92 Å². The van der Waals surface area contributed by atoms with Crippen LogP contribution in [0.15, 0.2) is 54.6 Å². The highest BCUT2D eigenvalue weighted by Gasteiger charge is 2.56. The Hall–Kier alpha value is -2.27. The SMILES string of the molecule is COc1cccc([C@H]2C[C@]2(C#N)c2ccccc2)c1. The van der Waals surface area contributed by atoms with E-state index in [1.165, 1.54) is 5.56 Å². The molecule has 0 unspecified atom stereocenters. The molecule has 0 aliphatic heterocycles. The van der Waals surface area contributed by atoms with Gasteiger partial charge in [0.25, 0.3) is 0 Å². The van der Waals surface area contributed by atoms with Crippen molar-refractivity contribution in [2.45, 2.75) is 17.8 Å². The van der Waals surface area contributed by atoms with Crippen LogP contribution in [0.4, 0.5) is 0 Å². The van der Waals surface area contributed by atoms with Gasteiger partial charge in [-0.15, -0.1) is 0 Å². The van der Waals surface area contributed by atoms with Gasteiger partial charge in [-0.3, -0.25) is 0 Å². The number of methoxy groups -OCH3 is 1. The second-order valence-corrected chi connectivity index (χ2v) is 4.98. The molecule has 0 radical (unpaired) electrons. The maximum absolute atomic E-state index is 9.59. The Labute approximate surface area is 113 Å². The lowest BCUT2D eigenvalue weighted by atomic mass is 9.92. The Morgan fingerprint density at radius 2 is 1.95 bits per heavy atom. The van der Waals surface area contributed by atoms with Gasteiger partial charge in [0.2, 0.25) is 0 Å². The zero-order chi connectivity index (χ0) is 13.3. The average Bonchev–Trinajstić information content (AvgIpc) is 3.24. The van der Waals surface area contributed by atoms with Crippen LogP contribution in [-0.2, 0) is 5.41 Å². The third-order valence-corrected chi connectivity index (χ3v) is 3.95. The molecule has 0 bridgehead atoms. The average molecular weight is 249 g/mol. The van der Waals surface area contributed by atoms with Gasteiger partial charge in [-0.1, -0.05) is 42.5 Å². The Kier molecular flexibility index (Phi) is 2.76. The van der Waals surface area contributed by atoms with Crippen molar-refractivity contribution in [3.63, 3.8) is 0 Å². The molecule has 1 aliphatic rings. The van der Waals surface area contributed by atoms with Crippen molar-refractivity contribution in [1.82, 2.24) is 0 Å². The van der Waals surface area contributed by atoms with E-state index < -0.39 is 0 Å². The van der Waals surface area contributed by atoms with Crippen molar-refractivity contribution >= 4 is 0 Å². The van der Waals surface area contributed by atoms with Crippen LogP contribution in [-0.4, -0.2) is 7.11 Å². The Balaban J connectivity index is 1.95. The van der Waals surface area contributed by atoms with Crippen LogP contribution in [0.1, 0.15) is 23.5 Å². The number of benzene rings is 2. The van der Waals surface area contributed by atoms with Crippen LogP contribution in [0, 0.1) is 11.3 Å². The standard InChI is InChI=1S/C17H15NO/c1-19-15-9-5-6-13(10-15)16-11-17(16,12-18)14-7-3-2-4-8-14/h2-10,16H,11H2,1H3/t16-,17+/m1/s1. The molecule has 0 spiro atoms. The first-order chi connectivity index (χ1) is 9.30. The first-order valence-corrected chi connectivity index (χ1v) is 6.41. The predicted octanol–water partition coefficient (Wildman–Crippen LogP) is 3.64. The molecule has 0 amide bonds. The molecular weight excluding hydrogens is 234 g/mol. The highest BCUT2D eigenvalue weighted by Crippen LogP contribution is 2.60. The van der Waals surface area contributed by atoms with Crippen molar-refractivity contribution in [3.8, 4) is 11.8 Å². The van der Waals surface area contributed by atoms with Crippen LogP contribution in [0.3, 0.4) is 0 Å². The summed E-state index contributed by atoms with van der Waals surface area (Å²) in [7, 11) is 1.67. The quantitative estimate of drug-likeness (QED) is 0.832. The zero-order valence-electron chi connectivity index (χ0n) is 10.8. The van der Waals surface area contributed by atoms with E-state index in [9.17, 15) is 5.26 Å². The topological polar surface area (TPSA) is 33.0 Å². The van der Waals surface area contributed by atoms with Crippen molar-refractivity contribution in [2.24, 2.45) is 0 Å². The molecule has 0 aromatic heterocycles. The maximum atomic E-state index is 9.59. The van der Waals surface area contributed by atoms with Crippen molar-refractivity contribution in [1.29, 1.82) is 5.26 Å². The number of nitriles is 1. The van der Waals surface area contributed by atoms with Gasteiger partial charge in [-0.25, -0.2) is 0 Å². The molecular formula is C17H15NO. The van der Waals surface area contributed by atoms with Crippen LogP contribution >= 0.6 is 0 Å². The Morgan fingerprint density at radius 1 is 1.16 bits per heavy atom. The van der Waals surface area contributed by atoms with E-state index in [0.29, 0.717) is 0 Å². The van der Waals surface area contributed by atoms with E-state index >= 15 is 0 Å². The molecule has 0 N–H and O–H groups in total. The maximum Gasteiger partial charge on any atom is 0.119 e. The van der Waals surface area contributed by atoms with Crippen LogP contribution in [0.2, 0.25) is 0 Å². The van der Waals surface area contributed by atoms with Crippen LogP contribution in [0.5, 0.6) is 5.75 Å². The molecule has 2 atom stereocenters.